The summed E-state index contributed by atoms with van der Waals surface area (Å²) in [5.41, 5.74) is 6.75. The minimum Gasteiger partial charge on any atom is -0.371 e. The topological polar surface area (TPSA) is 35.2 Å². The highest BCUT2D eigenvalue weighted by Gasteiger charge is 2.27. The van der Waals surface area contributed by atoms with E-state index in [1.807, 2.05) is 31.2 Å². The molecule has 1 aromatic rings. The lowest BCUT2D eigenvalue weighted by molar-refractivity contribution is -0.172. The van der Waals surface area contributed by atoms with Crippen LogP contribution in [0, 0.1) is 0 Å². The third kappa shape index (κ3) is 6.28. The van der Waals surface area contributed by atoms with Crippen molar-refractivity contribution in [1.29, 1.82) is 0 Å². The van der Waals surface area contributed by atoms with Crippen LogP contribution in [0.2, 0.25) is 0 Å². The Kier molecular flexibility index (Phi) is 5.98. The molecule has 102 valence electrons. The van der Waals surface area contributed by atoms with Gasteiger partial charge in [0.05, 0.1) is 6.61 Å². The zero-order valence-electron chi connectivity index (χ0n) is 10.0. The van der Waals surface area contributed by atoms with Crippen molar-refractivity contribution in [1.82, 2.24) is 0 Å². The van der Waals surface area contributed by atoms with Crippen LogP contribution in [0.15, 0.2) is 29.2 Å². The second kappa shape index (κ2) is 7.01. The average molecular weight is 279 g/mol. The highest BCUT2D eigenvalue weighted by molar-refractivity contribution is 7.99. The molecule has 1 unspecified atom stereocenters. The third-order valence-electron chi connectivity index (χ3n) is 2.17. The Morgan fingerprint density at radius 3 is 2.39 bits per heavy atom. The molecular formula is C12H16F3NOS. The number of alkyl halides is 3. The summed E-state index contributed by atoms with van der Waals surface area (Å²) < 4.78 is 39.9. The number of nitrogens with two attached hydrogens (primary N) is 1. The lowest BCUT2D eigenvalue weighted by Crippen LogP contribution is -2.17. The fourth-order valence-corrected chi connectivity index (χ4v) is 2.04. The standard InChI is InChI=1S/C12H16F3NOS/c1-9(16)10-2-4-11(5-3-10)18-7-6-17-8-12(13,14)15/h2-5,9H,6-8,16H2,1H3. The molecule has 1 atom stereocenters. The summed E-state index contributed by atoms with van der Waals surface area (Å²) in [6.45, 7) is 0.795. The van der Waals surface area contributed by atoms with Crippen LogP contribution in [0.1, 0.15) is 18.5 Å². The smallest absolute Gasteiger partial charge is 0.371 e. The molecule has 2 N–H and O–H groups in total. The molecule has 0 saturated carbocycles. The monoisotopic (exact) mass is 279 g/mol. The van der Waals surface area contributed by atoms with E-state index in [0.29, 0.717) is 5.75 Å². The first-order valence-corrected chi connectivity index (χ1v) is 6.50. The van der Waals surface area contributed by atoms with E-state index in [1.54, 1.807) is 0 Å². The molecule has 6 heteroatoms. The SMILES string of the molecule is CC(N)c1ccc(SCCOCC(F)(F)F)cc1. The van der Waals surface area contributed by atoms with Crippen LogP contribution in [0.3, 0.4) is 0 Å². The molecule has 1 rings (SSSR count). The highest BCUT2D eigenvalue weighted by atomic mass is 32.2. The van der Waals surface area contributed by atoms with Gasteiger partial charge in [0.25, 0.3) is 0 Å². The first-order chi connectivity index (χ1) is 8.38. The molecule has 1 aromatic carbocycles. The molecule has 0 radical (unpaired) electrons. The Morgan fingerprint density at radius 2 is 1.89 bits per heavy atom. The minimum atomic E-state index is -4.25. The summed E-state index contributed by atoms with van der Waals surface area (Å²) in [6, 6.07) is 7.65. The Hall–Kier alpha value is -0.720. The third-order valence-corrected chi connectivity index (χ3v) is 3.14. The average Bonchev–Trinajstić information content (AvgIpc) is 2.27. The molecule has 0 amide bonds. The molecule has 0 heterocycles. The molecule has 0 fully saturated rings. The number of benzene rings is 1. The predicted molar refractivity (Wildman–Crippen MR) is 66.6 cm³/mol. The fourth-order valence-electron chi connectivity index (χ4n) is 1.27. The van der Waals surface area contributed by atoms with Gasteiger partial charge in [-0.1, -0.05) is 12.1 Å². The molecule has 2 nitrogen and oxygen atoms in total. The number of halogens is 3. The molecule has 0 spiro atoms. The number of hydrogen-bond donors (Lipinski definition) is 1. The van der Waals surface area contributed by atoms with Crippen LogP contribution in [0.4, 0.5) is 13.2 Å². The molecule has 0 aliphatic carbocycles. The van der Waals surface area contributed by atoms with Crippen molar-refractivity contribution in [3.63, 3.8) is 0 Å². The molecule has 0 aromatic heterocycles. The van der Waals surface area contributed by atoms with Crippen molar-refractivity contribution >= 4 is 11.8 Å². The van der Waals surface area contributed by atoms with Crippen molar-refractivity contribution in [3.8, 4) is 0 Å². The zero-order valence-corrected chi connectivity index (χ0v) is 10.9. The largest absolute Gasteiger partial charge is 0.411 e. The van der Waals surface area contributed by atoms with Crippen molar-refractivity contribution in [2.75, 3.05) is 19.0 Å². The van der Waals surface area contributed by atoms with Gasteiger partial charge in [-0.15, -0.1) is 11.8 Å². The second-order valence-corrected chi connectivity index (χ2v) is 5.04. The lowest BCUT2D eigenvalue weighted by Gasteiger charge is -2.08. The van der Waals surface area contributed by atoms with Gasteiger partial charge in [0, 0.05) is 16.7 Å². The van der Waals surface area contributed by atoms with Gasteiger partial charge in [-0.05, 0) is 24.6 Å². The second-order valence-electron chi connectivity index (χ2n) is 3.87. The van der Waals surface area contributed by atoms with E-state index in [-0.39, 0.29) is 12.6 Å². The van der Waals surface area contributed by atoms with Crippen LogP contribution in [0.5, 0.6) is 0 Å². The summed E-state index contributed by atoms with van der Waals surface area (Å²) in [6.07, 6.45) is -4.25. The summed E-state index contributed by atoms with van der Waals surface area (Å²) in [5, 5.41) is 0. The summed E-state index contributed by atoms with van der Waals surface area (Å²) in [5.74, 6) is 0.494. The quantitative estimate of drug-likeness (QED) is 0.640. The van der Waals surface area contributed by atoms with Gasteiger partial charge in [-0.2, -0.15) is 13.2 Å². The summed E-state index contributed by atoms with van der Waals surface area (Å²) in [7, 11) is 0. The molecule has 0 aliphatic heterocycles. The molecule has 18 heavy (non-hydrogen) atoms. The number of rotatable bonds is 6. The first-order valence-electron chi connectivity index (χ1n) is 5.51. The Balaban J connectivity index is 2.23. The normalized spacial score (nSPS) is 13.6. The highest BCUT2D eigenvalue weighted by Crippen LogP contribution is 2.20. The first kappa shape index (κ1) is 15.3. The number of hydrogen-bond acceptors (Lipinski definition) is 3. The van der Waals surface area contributed by atoms with Crippen LogP contribution >= 0.6 is 11.8 Å². The Labute approximate surface area is 109 Å². The lowest BCUT2D eigenvalue weighted by atomic mass is 10.1. The van der Waals surface area contributed by atoms with Gasteiger partial charge in [0.15, 0.2) is 0 Å². The Morgan fingerprint density at radius 1 is 1.28 bits per heavy atom. The summed E-state index contributed by atoms with van der Waals surface area (Å²) >= 11 is 1.46. The van der Waals surface area contributed by atoms with E-state index in [2.05, 4.69) is 4.74 Å². The van der Waals surface area contributed by atoms with E-state index >= 15 is 0 Å². The molecule has 0 saturated heterocycles. The van der Waals surface area contributed by atoms with E-state index in [0.717, 1.165) is 10.5 Å². The maximum Gasteiger partial charge on any atom is 0.411 e. The van der Waals surface area contributed by atoms with E-state index < -0.39 is 12.8 Å². The predicted octanol–water partition coefficient (Wildman–Crippen LogP) is 3.38. The van der Waals surface area contributed by atoms with E-state index in [1.165, 1.54) is 11.8 Å². The number of thioether (sulfide) groups is 1. The van der Waals surface area contributed by atoms with Crippen molar-refractivity contribution in [3.05, 3.63) is 29.8 Å². The van der Waals surface area contributed by atoms with E-state index in [4.69, 9.17) is 5.73 Å². The number of ether oxygens (including phenoxy) is 1. The van der Waals surface area contributed by atoms with Crippen molar-refractivity contribution < 1.29 is 17.9 Å². The van der Waals surface area contributed by atoms with Gasteiger partial charge in [0.1, 0.15) is 6.61 Å². The summed E-state index contributed by atoms with van der Waals surface area (Å²) in [4.78, 5) is 0.995. The van der Waals surface area contributed by atoms with Gasteiger partial charge < -0.3 is 10.5 Å². The Bertz CT molecular complexity index is 351. The van der Waals surface area contributed by atoms with Crippen LogP contribution < -0.4 is 5.73 Å². The van der Waals surface area contributed by atoms with Gasteiger partial charge >= 0.3 is 6.18 Å². The van der Waals surface area contributed by atoms with Gasteiger partial charge in [0.2, 0.25) is 0 Å². The van der Waals surface area contributed by atoms with Crippen molar-refractivity contribution in [2.45, 2.75) is 24.0 Å². The van der Waals surface area contributed by atoms with E-state index in [9.17, 15) is 13.2 Å². The maximum atomic E-state index is 11.8. The van der Waals surface area contributed by atoms with Crippen LogP contribution in [-0.2, 0) is 4.74 Å². The minimum absolute atomic E-state index is 0.0147. The van der Waals surface area contributed by atoms with Crippen molar-refractivity contribution in [2.24, 2.45) is 5.73 Å². The van der Waals surface area contributed by atoms with Crippen LogP contribution in [-0.4, -0.2) is 25.1 Å². The molecular weight excluding hydrogens is 263 g/mol. The maximum absolute atomic E-state index is 11.8. The molecule has 0 aliphatic rings. The fraction of sp³-hybridized carbons (Fsp3) is 0.500. The van der Waals surface area contributed by atoms with Crippen LogP contribution in [0.25, 0.3) is 0 Å². The zero-order chi connectivity index (χ0) is 13.6. The van der Waals surface area contributed by atoms with Gasteiger partial charge in [-0.3, -0.25) is 0 Å². The van der Waals surface area contributed by atoms with Gasteiger partial charge in [-0.25, -0.2) is 0 Å². The molecule has 0 bridgehead atoms.